The summed E-state index contributed by atoms with van der Waals surface area (Å²) in [5, 5.41) is 2.41. The van der Waals surface area contributed by atoms with Crippen LogP contribution in [-0.2, 0) is 0 Å². The van der Waals surface area contributed by atoms with E-state index in [1.807, 2.05) is 6.20 Å². The Bertz CT molecular complexity index is 290. The van der Waals surface area contributed by atoms with Gasteiger partial charge in [0.2, 0.25) is 5.88 Å². The summed E-state index contributed by atoms with van der Waals surface area (Å²) in [4.78, 5) is 0. The Hall–Kier alpha value is -0.980. The third-order valence-electron chi connectivity index (χ3n) is 1.04. The van der Waals surface area contributed by atoms with Crippen LogP contribution in [0.15, 0.2) is 0 Å². The first-order valence-corrected chi connectivity index (χ1v) is 3.29. The Morgan fingerprint density at radius 3 is 2.46 bits per heavy atom. The second-order valence-electron chi connectivity index (χ2n) is 1.83. The van der Waals surface area contributed by atoms with Crippen molar-refractivity contribution in [2.75, 3.05) is 0 Å². The molecule has 1 rings (SSSR count). The van der Waals surface area contributed by atoms with Crippen LogP contribution in [0, 0.1) is 6.20 Å². The van der Waals surface area contributed by atoms with Crippen LogP contribution < -0.4 is 4.74 Å². The van der Waals surface area contributed by atoms with E-state index in [1.165, 1.54) is 0 Å². The summed E-state index contributed by atoms with van der Waals surface area (Å²) < 4.78 is 50.9. The molecular formula is C5H2ClF4N2O. The normalized spacial score (nSPS) is 11.3. The van der Waals surface area contributed by atoms with E-state index in [4.69, 9.17) is 11.6 Å². The summed E-state index contributed by atoms with van der Waals surface area (Å²) in [6.45, 7) is -6.34. The molecule has 3 nitrogen and oxygen atoms in total. The minimum absolute atomic E-state index is 0.0888. The quantitative estimate of drug-likeness (QED) is 0.727. The number of hydrogen-bond acceptors (Lipinski definition) is 2. The molecule has 0 aliphatic rings. The lowest BCUT2D eigenvalue weighted by Crippen LogP contribution is -2.09. The third kappa shape index (κ3) is 2.24. The van der Waals surface area contributed by atoms with Gasteiger partial charge in [-0.1, -0.05) is 11.6 Å². The van der Waals surface area contributed by atoms with Gasteiger partial charge in [0.25, 0.3) is 0 Å². The van der Waals surface area contributed by atoms with Crippen molar-refractivity contribution < 1.29 is 22.3 Å². The summed E-state index contributed by atoms with van der Waals surface area (Å²) in [7, 11) is 0. The zero-order chi connectivity index (χ0) is 10.0. The van der Waals surface area contributed by atoms with E-state index >= 15 is 0 Å². The van der Waals surface area contributed by atoms with Crippen LogP contribution in [0.3, 0.4) is 0 Å². The van der Waals surface area contributed by atoms with Crippen molar-refractivity contribution in [2.24, 2.45) is 0 Å². The van der Waals surface area contributed by atoms with E-state index in [9.17, 15) is 17.6 Å². The second kappa shape index (κ2) is 3.82. The molecule has 1 heterocycles. The molecule has 0 unspecified atom stereocenters. The largest absolute Gasteiger partial charge is 0.415 e. The van der Waals surface area contributed by atoms with E-state index < -0.39 is 24.1 Å². The van der Waals surface area contributed by atoms with E-state index in [0.29, 0.717) is 0 Å². The van der Waals surface area contributed by atoms with Crippen molar-refractivity contribution in [1.29, 1.82) is 0 Å². The Labute approximate surface area is 74.8 Å². The number of ether oxygens (including phenoxy) is 1. The monoisotopic (exact) mass is 217 g/mol. The van der Waals surface area contributed by atoms with E-state index in [0.717, 1.165) is 0 Å². The predicted molar refractivity (Wildman–Crippen MR) is 34.0 cm³/mol. The summed E-state index contributed by atoms with van der Waals surface area (Å²) >= 11 is 5.20. The Morgan fingerprint density at radius 1 is 1.38 bits per heavy atom. The predicted octanol–water partition coefficient (Wildman–Crippen LogP) is 2.33. The Balaban J connectivity index is 2.94. The molecule has 0 N–H and O–H groups in total. The van der Waals surface area contributed by atoms with Crippen LogP contribution in [0.5, 0.6) is 5.88 Å². The standard InChI is InChI=1S/C5H2ClF4N2O/c6-2-1-11-12(4(7)8)3(2)13-5(9)10/h4-5H. The first-order chi connectivity index (χ1) is 6.02. The minimum Gasteiger partial charge on any atom is -0.415 e. The number of halogens is 5. The van der Waals surface area contributed by atoms with Crippen LogP contribution in [-0.4, -0.2) is 16.4 Å². The third-order valence-corrected chi connectivity index (χ3v) is 1.28. The average molecular weight is 218 g/mol. The van der Waals surface area contributed by atoms with Crippen LogP contribution in [0.25, 0.3) is 0 Å². The van der Waals surface area contributed by atoms with E-state index in [-0.39, 0.29) is 4.68 Å². The van der Waals surface area contributed by atoms with Crippen LogP contribution in [0.1, 0.15) is 6.55 Å². The SMILES string of the molecule is FC(F)Oc1c(Cl)[c]nn1C(F)F. The minimum atomic E-state index is -3.24. The molecule has 1 aromatic rings. The zero-order valence-electron chi connectivity index (χ0n) is 5.85. The highest BCUT2D eigenvalue weighted by atomic mass is 35.5. The molecule has 0 atom stereocenters. The molecule has 0 spiro atoms. The molecule has 0 saturated heterocycles. The number of nitrogens with zero attached hydrogens (tertiary/aromatic N) is 2. The molecule has 0 aliphatic carbocycles. The van der Waals surface area contributed by atoms with Gasteiger partial charge in [0, 0.05) is 0 Å². The molecule has 13 heavy (non-hydrogen) atoms. The fourth-order valence-electron chi connectivity index (χ4n) is 0.614. The molecule has 73 valence electrons. The smallest absolute Gasteiger partial charge is 0.388 e. The van der Waals surface area contributed by atoms with Crippen LogP contribution >= 0.6 is 11.6 Å². The average Bonchev–Trinajstić information content (AvgIpc) is 2.32. The van der Waals surface area contributed by atoms with Crippen molar-refractivity contribution in [3.63, 3.8) is 0 Å². The molecule has 0 aromatic carbocycles. The Kier molecular flexibility index (Phi) is 2.97. The zero-order valence-corrected chi connectivity index (χ0v) is 6.60. The van der Waals surface area contributed by atoms with Gasteiger partial charge < -0.3 is 4.74 Å². The van der Waals surface area contributed by atoms with Crippen molar-refractivity contribution in [1.82, 2.24) is 9.78 Å². The molecule has 0 bridgehead atoms. The molecule has 0 aliphatic heterocycles. The molecule has 0 saturated carbocycles. The highest BCUT2D eigenvalue weighted by Gasteiger charge is 2.20. The molecule has 1 aromatic heterocycles. The molecule has 1 radical (unpaired) electrons. The number of aromatic nitrogens is 2. The number of alkyl halides is 4. The maximum Gasteiger partial charge on any atom is 0.388 e. The lowest BCUT2D eigenvalue weighted by Gasteiger charge is -2.06. The van der Waals surface area contributed by atoms with E-state index in [1.54, 1.807) is 0 Å². The van der Waals surface area contributed by atoms with Crippen molar-refractivity contribution in [2.45, 2.75) is 13.2 Å². The van der Waals surface area contributed by atoms with Crippen LogP contribution in [0.4, 0.5) is 17.6 Å². The summed E-state index contributed by atoms with van der Waals surface area (Å²) in [5.74, 6) is -0.897. The second-order valence-corrected chi connectivity index (χ2v) is 2.21. The maximum atomic E-state index is 12.0. The molecule has 0 fully saturated rings. The lowest BCUT2D eigenvalue weighted by atomic mass is 10.7. The lowest BCUT2D eigenvalue weighted by molar-refractivity contribution is -0.0644. The number of hydrogen-bond donors (Lipinski definition) is 0. The van der Waals surface area contributed by atoms with E-state index in [2.05, 4.69) is 9.84 Å². The summed E-state index contributed by atoms with van der Waals surface area (Å²) in [5.41, 5.74) is 0. The highest BCUT2D eigenvalue weighted by molar-refractivity contribution is 6.31. The van der Waals surface area contributed by atoms with Gasteiger partial charge in [0.15, 0.2) is 0 Å². The molecular weight excluding hydrogens is 216 g/mol. The summed E-state index contributed by atoms with van der Waals surface area (Å²) in [6.07, 6.45) is 1.86. The fraction of sp³-hybridized carbons (Fsp3) is 0.400. The first kappa shape index (κ1) is 10.1. The number of rotatable bonds is 3. The van der Waals surface area contributed by atoms with Gasteiger partial charge in [-0.3, -0.25) is 0 Å². The molecule has 0 amide bonds. The van der Waals surface area contributed by atoms with Crippen molar-refractivity contribution in [3.8, 4) is 5.88 Å². The van der Waals surface area contributed by atoms with Gasteiger partial charge in [0.1, 0.15) is 11.2 Å². The Morgan fingerprint density at radius 2 is 2.00 bits per heavy atom. The maximum absolute atomic E-state index is 12.0. The van der Waals surface area contributed by atoms with Gasteiger partial charge in [-0.15, -0.1) is 0 Å². The van der Waals surface area contributed by atoms with Crippen molar-refractivity contribution >= 4 is 11.6 Å². The van der Waals surface area contributed by atoms with Crippen molar-refractivity contribution in [3.05, 3.63) is 11.2 Å². The van der Waals surface area contributed by atoms with Gasteiger partial charge in [0.05, 0.1) is 0 Å². The van der Waals surface area contributed by atoms with Gasteiger partial charge in [-0.05, 0) is 0 Å². The first-order valence-electron chi connectivity index (χ1n) is 2.91. The van der Waals surface area contributed by atoms with Gasteiger partial charge in [-0.25, -0.2) is 0 Å². The van der Waals surface area contributed by atoms with Gasteiger partial charge >= 0.3 is 13.2 Å². The molecule has 8 heteroatoms. The fourth-order valence-corrected chi connectivity index (χ4v) is 0.783. The topological polar surface area (TPSA) is 27.1 Å². The summed E-state index contributed by atoms with van der Waals surface area (Å²) in [6, 6.07) is 0. The van der Waals surface area contributed by atoms with Crippen LogP contribution in [0.2, 0.25) is 5.02 Å². The highest BCUT2D eigenvalue weighted by Crippen LogP contribution is 2.28. The van der Waals surface area contributed by atoms with Gasteiger partial charge in [-0.2, -0.15) is 27.3 Å².